The second-order valence-corrected chi connectivity index (χ2v) is 10.4. The standard InChI is InChI=1S/C19H26N4OS3/c1-5-8-25-17-20-16-14(15-21-22-18(23(15)17)26-9-6-2)12-10-19(4,7-3)24-11-13(12)27-16/h5-11H2,1-4H3/t19-/m1/s1. The van der Waals surface area contributed by atoms with Crippen LogP contribution in [-0.2, 0) is 17.8 Å². The zero-order chi connectivity index (χ0) is 19.0. The molecule has 4 rings (SSSR count). The van der Waals surface area contributed by atoms with Crippen LogP contribution in [0.1, 0.15) is 57.4 Å². The van der Waals surface area contributed by atoms with Crippen LogP contribution in [0.15, 0.2) is 10.3 Å². The molecule has 0 spiro atoms. The molecule has 0 amide bonds. The lowest BCUT2D eigenvalue weighted by atomic mass is 9.90. The molecule has 0 radical (unpaired) electrons. The van der Waals surface area contributed by atoms with Gasteiger partial charge in [0.15, 0.2) is 16.0 Å². The first-order valence-electron chi connectivity index (χ1n) is 9.69. The lowest BCUT2D eigenvalue weighted by Gasteiger charge is -2.33. The molecule has 1 atom stereocenters. The highest BCUT2D eigenvalue weighted by molar-refractivity contribution is 7.99. The third kappa shape index (κ3) is 3.50. The molecule has 0 saturated carbocycles. The summed E-state index contributed by atoms with van der Waals surface area (Å²) in [5.74, 6) is 2.09. The minimum Gasteiger partial charge on any atom is -0.369 e. The second-order valence-electron chi connectivity index (χ2n) is 7.19. The van der Waals surface area contributed by atoms with E-state index in [0.717, 1.165) is 58.0 Å². The van der Waals surface area contributed by atoms with Gasteiger partial charge in [-0.15, -0.1) is 21.5 Å². The van der Waals surface area contributed by atoms with E-state index in [-0.39, 0.29) is 5.60 Å². The van der Waals surface area contributed by atoms with Gasteiger partial charge in [0.05, 0.1) is 17.6 Å². The van der Waals surface area contributed by atoms with Crippen molar-refractivity contribution < 1.29 is 4.74 Å². The van der Waals surface area contributed by atoms with Crippen molar-refractivity contribution in [2.24, 2.45) is 0 Å². The summed E-state index contributed by atoms with van der Waals surface area (Å²) in [5, 5.41) is 12.3. The Morgan fingerprint density at radius 1 is 1.11 bits per heavy atom. The summed E-state index contributed by atoms with van der Waals surface area (Å²) in [6.45, 7) is 9.48. The zero-order valence-electron chi connectivity index (χ0n) is 16.4. The molecule has 0 aromatic carbocycles. The van der Waals surface area contributed by atoms with E-state index < -0.39 is 0 Å². The molecule has 146 valence electrons. The van der Waals surface area contributed by atoms with Crippen molar-refractivity contribution in [3.05, 3.63) is 10.4 Å². The molecule has 3 aromatic heterocycles. The number of hydrogen-bond acceptors (Lipinski definition) is 7. The van der Waals surface area contributed by atoms with Crippen LogP contribution >= 0.6 is 34.9 Å². The van der Waals surface area contributed by atoms with Crippen LogP contribution in [-0.4, -0.2) is 36.7 Å². The predicted octanol–water partition coefficient (Wildman–Crippen LogP) is 5.58. The summed E-state index contributed by atoms with van der Waals surface area (Å²) in [7, 11) is 0. The molecular weight excluding hydrogens is 396 g/mol. The number of nitrogens with zero attached hydrogens (tertiary/aromatic N) is 4. The van der Waals surface area contributed by atoms with E-state index in [1.807, 2.05) is 0 Å². The summed E-state index contributed by atoms with van der Waals surface area (Å²) >= 11 is 5.34. The third-order valence-corrected chi connectivity index (χ3v) is 8.42. The fourth-order valence-corrected chi connectivity index (χ4v) is 6.17. The van der Waals surface area contributed by atoms with Crippen molar-refractivity contribution >= 4 is 50.7 Å². The Morgan fingerprint density at radius 3 is 2.56 bits per heavy atom. The number of fused-ring (bicyclic) bond motifs is 5. The smallest absolute Gasteiger partial charge is 0.197 e. The van der Waals surface area contributed by atoms with Gasteiger partial charge >= 0.3 is 0 Å². The lowest BCUT2D eigenvalue weighted by Crippen LogP contribution is -2.33. The number of ether oxygens (including phenoxy) is 1. The van der Waals surface area contributed by atoms with E-state index >= 15 is 0 Å². The van der Waals surface area contributed by atoms with Crippen LogP contribution in [0.3, 0.4) is 0 Å². The fraction of sp³-hybridized carbons (Fsp3) is 0.632. The van der Waals surface area contributed by atoms with Crippen molar-refractivity contribution in [2.45, 2.75) is 75.9 Å². The van der Waals surface area contributed by atoms with Crippen LogP contribution in [0.4, 0.5) is 0 Å². The van der Waals surface area contributed by atoms with Gasteiger partial charge in [-0.2, -0.15) is 0 Å². The average Bonchev–Trinajstić information content (AvgIpc) is 3.25. The molecule has 5 nitrogen and oxygen atoms in total. The Hall–Kier alpha value is -0.830. The van der Waals surface area contributed by atoms with Crippen molar-refractivity contribution in [1.29, 1.82) is 0 Å². The van der Waals surface area contributed by atoms with Gasteiger partial charge in [0.2, 0.25) is 0 Å². The first-order valence-corrected chi connectivity index (χ1v) is 12.5. The van der Waals surface area contributed by atoms with E-state index in [0.29, 0.717) is 6.61 Å². The van der Waals surface area contributed by atoms with Crippen LogP contribution < -0.4 is 0 Å². The molecule has 0 aliphatic carbocycles. The Bertz CT molecular complexity index is 967. The SMILES string of the molecule is CCCSc1nnc2c3c4c(sc3nc(SCCC)n12)CO[C@](C)(CC)C4. The molecule has 3 aromatic rings. The van der Waals surface area contributed by atoms with Gasteiger partial charge in [-0.05, 0) is 31.7 Å². The maximum absolute atomic E-state index is 6.17. The van der Waals surface area contributed by atoms with Crippen LogP contribution in [0.2, 0.25) is 0 Å². The number of aromatic nitrogens is 4. The molecule has 27 heavy (non-hydrogen) atoms. The first kappa shape index (κ1) is 19.5. The number of thiophene rings is 1. The minimum absolute atomic E-state index is 0.104. The quantitative estimate of drug-likeness (QED) is 0.366. The van der Waals surface area contributed by atoms with E-state index in [4.69, 9.17) is 9.72 Å². The van der Waals surface area contributed by atoms with E-state index in [1.165, 1.54) is 15.8 Å². The minimum atomic E-state index is -0.104. The molecule has 0 fully saturated rings. The average molecular weight is 423 g/mol. The Labute approximate surface area is 172 Å². The zero-order valence-corrected chi connectivity index (χ0v) is 18.8. The van der Waals surface area contributed by atoms with Crippen LogP contribution in [0, 0.1) is 0 Å². The summed E-state index contributed by atoms with van der Waals surface area (Å²) in [4.78, 5) is 7.43. The van der Waals surface area contributed by atoms with Gasteiger partial charge in [0.25, 0.3) is 0 Å². The van der Waals surface area contributed by atoms with Gasteiger partial charge < -0.3 is 4.74 Å². The van der Waals surface area contributed by atoms with Crippen molar-refractivity contribution in [1.82, 2.24) is 19.6 Å². The van der Waals surface area contributed by atoms with Crippen LogP contribution in [0.25, 0.3) is 15.9 Å². The Morgan fingerprint density at radius 2 is 1.85 bits per heavy atom. The maximum Gasteiger partial charge on any atom is 0.197 e. The highest BCUT2D eigenvalue weighted by atomic mass is 32.2. The van der Waals surface area contributed by atoms with E-state index in [9.17, 15) is 0 Å². The number of hydrogen-bond donors (Lipinski definition) is 0. The molecular formula is C19H26N4OS3. The van der Waals surface area contributed by atoms with E-state index in [2.05, 4.69) is 42.3 Å². The van der Waals surface area contributed by atoms with Crippen molar-refractivity contribution in [3.8, 4) is 0 Å². The predicted molar refractivity (Wildman–Crippen MR) is 115 cm³/mol. The molecule has 0 bridgehead atoms. The molecule has 0 saturated heterocycles. The Balaban J connectivity index is 1.92. The third-order valence-electron chi connectivity index (χ3n) is 5.04. The highest BCUT2D eigenvalue weighted by Gasteiger charge is 2.33. The molecule has 1 aliphatic heterocycles. The Kier molecular flexibility index (Phi) is 5.69. The fourth-order valence-electron chi connectivity index (χ4n) is 3.32. The van der Waals surface area contributed by atoms with Gasteiger partial charge in [0, 0.05) is 22.8 Å². The lowest BCUT2D eigenvalue weighted by molar-refractivity contribution is -0.0542. The normalized spacial score (nSPS) is 19.9. The largest absolute Gasteiger partial charge is 0.369 e. The number of thioether (sulfide) groups is 2. The summed E-state index contributed by atoms with van der Waals surface area (Å²) in [5.41, 5.74) is 2.23. The van der Waals surface area contributed by atoms with Gasteiger partial charge in [0.1, 0.15) is 4.83 Å². The van der Waals surface area contributed by atoms with E-state index in [1.54, 1.807) is 34.9 Å². The molecule has 1 aliphatic rings. The molecule has 0 N–H and O–H groups in total. The van der Waals surface area contributed by atoms with Gasteiger partial charge in [-0.25, -0.2) is 9.38 Å². The molecule has 0 unspecified atom stereocenters. The maximum atomic E-state index is 6.17. The summed E-state index contributed by atoms with van der Waals surface area (Å²) in [6.07, 6.45) is 4.16. The van der Waals surface area contributed by atoms with Crippen molar-refractivity contribution in [2.75, 3.05) is 11.5 Å². The summed E-state index contributed by atoms with van der Waals surface area (Å²) in [6, 6.07) is 0. The second kappa shape index (κ2) is 7.89. The molecule has 4 heterocycles. The van der Waals surface area contributed by atoms with Crippen LogP contribution in [0.5, 0.6) is 0 Å². The first-order chi connectivity index (χ1) is 13.1. The number of rotatable bonds is 7. The van der Waals surface area contributed by atoms with Gasteiger partial charge in [-0.3, -0.25) is 0 Å². The topological polar surface area (TPSA) is 52.3 Å². The highest BCUT2D eigenvalue weighted by Crippen LogP contribution is 2.42. The van der Waals surface area contributed by atoms with Crippen molar-refractivity contribution in [3.63, 3.8) is 0 Å². The monoisotopic (exact) mass is 422 g/mol. The van der Waals surface area contributed by atoms with Gasteiger partial charge in [-0.1, -0.05) is 44.3 Å². The molecule has 8 heteroatoms. The summed E-state index contributed by atoms with van der Waals surface area (Å²) < 4.78 is 8.36.